The van der Waals surface area contributed by atoms with E-state index in [0.29, 0.717) is 23.3 Å². The first-order chi connectivity index (χ1) is 9.67. The number of carbonyl (C=O) groups is 1. The van der Waals surface area contributed by atoms with Gasteiger partial charge in [0, 0.05) is 0 Å². The van der Waals surface area contributed by atoms with Gasteiger partial charge in [-0.05, 0) is 36.1 Å². The number of hydrogen-bond acceptors (Lipinski definition) is 6. The molecule has 0 saturated heterocycles. The molecule has 1 saturated carbocycles. The topological polar surface area (TPSA) is 89.4 Å². The molecular weight excluding hydrogens is 280 g/mol. The van der Waals surface area contributed by atoms with Crippen LogP contribution in [0.25, 0.3) is 11.7 Å². The Labute approximate surface area is 119 Å². The molecule has 0 radical (unpaired) electrons. The predicted octanol–water partition coefficient (Wildman–Crippen LogP) is 2.82. The van der Waals surface area contributed by atoms with Gasteiger partial charge in [-0.1, -0.05) is 0 Å². The van der Waals surface area contributed by atoms with Crippen LogP contribution in [-0.2, 0) is 10.5 Å². The van der Waals surface area contributed by atoms with Gasteiger partial charge in [0.25, 0.3) is 5.89 Å². The van der Waals surface area contributed by atoms with E-state index in [1.54, 1.807) is 30.2 Å². The van der Waals surface area contributed by atoms with Crippen molar-refractivity contribution in [2.45, 2.75) is 25.0 Å². The van der Waals surface area contributed by atoms with Gasteiger partial charge in [0.05, 0.1) is 18.4 Å². The van der Waals surface area contributed by atoms with Crippen LogP contribution in [0.15, 0.2) is 27.2 Å². The second-order valence-corrected chi connectivity index (χ2v) is 6.03. The molecule has 2 heterocycles. The van der Waals surface area contributed by atoms with Crippen LogP contribution >= 0.6 is 11.8 Å². The smallest absolute Gasteiger partial charge is 0.303 e. The van der Waals surface area contributed by atoms with Crippen LogP contribution in [0.4, 0.5) is 0 Å². The van der Waals surface area contributed by atoms with Crippen molar-refractivity contribution >= 4 is 17.7 Å². The monoisotopic (exact) mass is 294 g/mol. The molecule has 1 fully saturated rings. The molecule has 0 aliphatic heterocycles. The third-order valence-corrected chi connectivity index (χ3v) is 4.58. The van der Waals surface area contributed by atoms with Crippen molar-refractivity contribution in [1.82, 2.24) is 10.2 Å². The number of aliphatic carboxylic acids is 1. The Hall–Kier alpha value is -1.76. The zero-order valence-electron chi connectivity index (χ0n) is 10.7. The molecule has 0 bridgehead atoms. The summed E-state index contributed by atoms with van der Waals surface area (Å²) < 4.78 is 10.7. The Bertz CT molecular complexity index is 589. The highest BCUT2D eigenvalue weighted by atomic mass is 32.2. The molecule has 0 atom stereocenters. The highest BCUT2D eigenvalue weighted by Gasteiger charge is 2.44. The summed E-state index contributed by atoms with van der Waals surface area (Å²) in [6, 6.07) is 3.52. The lowest BCUT2D eigenvalue weighted by Gasteiger charge is -2.10. The van der Waals surface area contributed by atoms with Crippen LogP contribution in [0.2, 0.25) is 0 Å². The van der Waals surface area contributed by atoms with E-state index in [2.05, 4.69) is 10.2 Å². The number of nitrogens with zero attached hydrogens (tertiary/aromatic N) is 2. The fourth-order valence-electron chi connectivity index (χ4n) is 2.04. The SMILES string of the molecule is O=C(O)CC1(CSCc2nnc(-c3ccco3)o2)CC1. The van der Waals surface area contributed by atoms with Gasteiger partial charge < -0.3 is 13.9 Å². The van der Waals surface area contributed by atoms with Gasteiger partial charge in [-0.25, -0.2) is 0 Å². The van der Waals surface area contributed by atoms with Crippen molar-refractivity contribution in [3.8, 4) is 11.7 Å². The van der Waals surface area contributed by atoms with E-state index < -0.39 is 5.97 Å². The van der Waals surface area contributed by atoms with Crippen LogP contribution in [0.5, 0.6) is 0 Å². The van der Waals surface area contributed by atoms with Crippen LogP contribution in [-0.4, -0.2) is 27.0 Å². The van der Waals surface area contributed by atoms with Gasteiger partial charge in [-0.2, -0.15) is 11.8 Å². The Morgan fingerprint density at radius 1 is 1.45 bits per heavy atom. The van der Waals surface area contributed by atoms with Gasteiger partial charge in [0.2, 0.25) is 5.89 Å². The Morgan fingerprint density at radius 3 is 2.95 bits per heavy atom. The molecule has 0 amide bonds. The summed E-state index contributed by atoms with van der Waals surface area (Å²) in [7, 11) is 0. The fraction of sp³-hybridized carbons (Fsp3) is 0.462. The largest absolute Gasteiger partial charge is 0.481 e. The van der Waals surface area contributed by atoms with E-state index in [0.717, 1.165) is 18.6 Å². The summed E-state index contributed by atoms with van der Waals surface area (Å²) >= 11 is 1.64. The summed E-state index contributed by atoms with van der Waals surface area (Å²) in [6.07, 6.45) is 3.79. The summed E-state index contributed by atoms with van der Waals surface area (Å²) in [5.41, 5.74) is -0.0135. The lowest BCUT2D eigenvalue weighted by molar-refractivity contribution is -0.138. The fourth-order valence-corrected chi connectivity index (χ4v) is 3.25. The summed E-state index contributed by atoms with van der Waals surface area (Å²) in [5, 5.41) is 16.7. The van der Waals surface area contributed by atoms with E-state index in [1.165, 1.54) is 0 Å². The summed E-state index contributed by atoms with van der Waals surface area (Å²) in [6.45, 7) is 0. The normalized spacial score (nSPS) is 16.2. The molecule has 1 aliphatic carbocycles. The van der Waals surface area contributed by atoms with E-state index in [9.17, 15) is 4.79 Å². The second kappa shape index (κ2) is 5.32. The Balaban J connectivity index is 1.51. The first-order valence-corrected chi connectivity index (χ1v) is 7.48. The Morgan fingerprint density at radius 2 is 2.30 bits per heavy atom. The molecule has 7 heteroatoms. The van der Waals surface area contributed by atoms with E-state index in [1.807, 2.05) is 0 Å². The number of rotatable bonds is 7. The third-order valence-electron chi connectivity index (χ3n) is 3.32. The highest BCUT2D eigenvalue weighted by molar-refractivity contribution is 7.98. The minimum atomic E-state index is -0.721. The Kier molecular flexibility index (Phi) is 3.52. The number of carboxylic acid groups (broad SMARTS) is 1. The number of furan rings is 1. The third kappa shape index (κ3) is 3.04. The van der Waals surface area contributed by atoms with Crippen molar-refractivity contribution in [2.24, 2.45) is 5.41 Å². The van der Waals surface area contributed by atoms with Crippen molar-refractivity contribution in [1.29, 1.82) is 0 Å². The van der Waals surface area contributed by atoms with Crippen LogP contribution in [0.1, 0.15) is 25.2 Å². The van der Waals surface area contributed by atoms with Crippen molar-refractivity contribution in [3.05, 3.63) is 24.3 Å². The predicted molar refractivity (Wildman–Crippen MR) is 72.1 cm³/mol. The lowest BCUT2D eigenvalue weighted by atomic mass is 10.1. The average molecular weight is 294 g/mol. The van der Waals surface area contributed by atoms with Crippen molar-refractivity contribution in [2.75, 3.05) is 5.75 Å². The van der Waals surface area contributed by atoms with Crippen LogP contribution < -0.4 is 0 Å². The standard InChI is InChI=1S/C13H14N2O4S/c16-11(17)6-13(3-4-13)8-20-7-10-14-15-12(19-10)9-2-1-5-18-9/h1-2,5H,3-4,6-8H2,(H,16,17). The number of aromatic nitrogens is 2. The number of carboxylic acids is 1. The van der Waals surface area contributed by atoms with Crippen LogP contribution in [0.3, 0.4) is 0 Å². The van der Waals surface area contributed by atoms with E-state index >= 15 is 0 Å². The van der Waals surface area contributed by atoms with E-state index in [-0.39, 0.29) is 11.8 Å². The maximum Gasteiger partial charge on any atom is 0.303 e. The van der Waals surface area contributed by atoms with Crippen molar-refractivity contribution in [3.63, 3.8) is 0 Å². The number of hydrogen-bond donors (Lipinski definition) is 1. The molecule has 20 heavy (non-hydrogen) atoms. The summed E-state index contributed by atoms with van der Waals surface area (Å²) in [5.74, 6) is 2.15. The minimum Gasteiger partial charge on any atom is -0.481 e. The highest BCUT2D eigenvalue weighted by Crippen LogP contribution is 2.51. The average Bonchev–Trinajstić information content (AvgIpc) is 2.86. The molecule has 0 unspecified atom stereocenters. The summed E-state index contributed by atoms with van der Waals surface area (Å²) in [4.78, 5) is 10.8. The zero-order valence-corrected chi connectivity index (χ0v) is 11.6. The van der Waals surface area contributed by atoms with Gasteiger partial charge in [-0.3, -0.25) is 4.79 Å². The minimum absolute atomic E-state index is 0.0135. The first kappa shape index (κ1) is 13.2. The van der Waals surface area contributed by atoms with Crippen LogP contribution in [0, 0.1) is 5.41 Å². The molecule has 2 aromatic rings. The molecule has 3 rings (SSSR count). The lowest BCUT2D eigenvalue weighted by Crippen LogP contribution is -2.11. The quantitative estimate of drug-likeness (QED) is 0.839. The zero-order chi connectivity index (χ0) is 14.0. The first-order valence-electron chi connectivity index (χ1n) is 6.33. The molecule has 1 N–H and O–H groups in total. The van der Waals surface area contributed by atoms with Gasteiger partial charge in [0.15, 0.2) is 5.76 Å². The molecule has 106 valence electrons. The molecule has 2 aromatic heterocycles. The maximum absolute atomic E-state index is 10.8. The molecule has 6 nitrogen and oxygen atoms in total. The van der Waals surface area contributed by atoms with Crippen molar-refractivity contribution < 1.29 is 18.7 Å². The molecule has 0 spiro atoms. The second-order valence-electron chi connectivity index (χ2n) is 5.04. The van der Waals surface area contributed by atoms with Gasteiger partial charge >= 0.3 is 5.97 Å². The van der Waals surface area contributed by atoms with Gasteiger partial charge in [0.1, 0.15) is 0 Å². The number of thioether (sulfide) groups is 1. The maximum atomic E-state index is 10.8. The molecular formula is C13H14N2O4S. The molecule has 0 aromatic carbocycles. The van der Waals surface area contributed by atoms with Gasteiger partial charge in [-0.15, -0.1) is 10.2 Å². The van der Waals surface area contributed by atoms with E-state index in [4.69, 9.17) is 13.9 Å². The molecule has 1 aliphatic rings.